The Hall–Kier alpha value is 0.567. The van der Waals surface area contributed by atoms with Crippen LogP contribution in [0.5, 0.6) is 0 Å². The van der Waals surface area contributed by atoms with Crippen molar-refractivity contribution in [3.63, 3.8) is 0 Å². The van der Waals surface area contributed by atoms with Crippen molar-refractivity contribution in [2.24, 2.45) is 0 Å². The summed E-state index contributed by atoms with van der Waals surface area (Å²) < 4.78 is 7.68. The van der Waals surface area contributed by atoms with E-state index in [-0.39, 0.29) is 0 Å². The second-order valence-electron chi connectivity index (χ2n) is 4.32. The zero-order chi connectivity index (χ0) is 9.94. The van der Waals surface area contributed by atoms with Crippen molar-refractivity contribution in [3.8, 4) is 0 Å². The first kappa shape index (κ1) is 9.65. The van der Waals surface area contributed by atoms with E-state index in [1.165, 1.54) is 12.0 Å². The van der Waals surface area contributed by atoms with E-state index >= 15 is 0 Å². The molecule has 0 N–H and O–H groups in total. The molecule has 11 heavy (non-hydrogen) atoms. The summed E-state index contributed by atoms with van der Waals surface area (Å²) >= 11 is 1.43. The number of hydrogen-bond donors (Lipinski definition) is 1. The molecular weight excluding hydrogens is 168 g/mol. The third-order valence-corrected chi connectivity index (χ3v) is 12.4. The van der Waals surface area contributed by atoms with Crippen LogP contribution in [0.25, 0.3) is 0 Å². The van der Waals surface area contributed by atoms with Crippen LogP contribution in [-0.2, 0) is 0 Å². The van der Waals surface area contributed by atoms with Gasteiger partial charge in [-0.05, 0) is 16.6 Å². The molecule has 0 radical (unpaired) electrons. The lowest BCUT2D eigenvalue weighted by molar-refractivity contribution is 0.852. The molecular formula is C9H22SSi. The molecule has 0 aliphatic heterocycles. The predicted octanol–water partition coefficient (Wildman–Crippen LogP) is 4.09. The van der Waals surface area contributed by atoms with Crippen LogP contribution in [0.4, 0.5) is 0 Å². The van der Waals surface area contributed by atoms with Crippen LogP contribution in [0.15, 0.2) is 0 Å². The quantitative estimate of drug-likeness (QED) is 0.502. The molecule has 0 saturated carbocycles. The van der Waals surface area contributed by atoms with E-state index in [0.717, 1.165) is 0 Å². The Kier molecular flexibility index (Phi) is 3.50. The Bertz CT molecular complexity index is 113. The SMILES string of the molecule is [2H]S[Si](C(C)C)(C(C)C)C(C)C. The van der Waals surface area contributed by atoms with Crippen molar-refractivity contribution in [1.82, 2.24) is 0 Å². The summed E-state index contributed by atoms with van der Waals surface area (Å²) in [4.78, 5) is 0. The Morgan fingerprint density at radius 1 is 0.909 bits per heavy atom. The lowest BCUT2D eigenvalue weighted by Gasteiger charge is -2.38. The van der Waals surface area contributed by atoms with Crippen molar-refractivity contribution in [1.29, 1.82) is 1.12 Å². The van der Waals surface area contributed by atoms with E-state index in [1.54, 1.807) is 0 Å². The molecule has 68 valence electrons. The van der Waals surface area contributed by atoms with Crippen molar-refractivity contribution in [2.45, 2.75) is 58.2 Å². The van der Waals surface area contributed by atoms with Gasteiger partial charge in [-0.25, -0.2) is 12.0 Å². The third-order valence-electron chi connectivity index (χ3n) is 2.71. The van der Waals surface area contributed by atoms with Gasteiger partial charge in [-0.15, -0.1) is 0 Å². The van der Waals surface area contributed by atoms with E-state index in [0.29, 0.717) is 16.6 Å². The van der Waals surface area contributed by atoms with E-state index in [2.05, 4.69) is 41.5 Å². The molecule has 0 bridgehead atoms. The van der Waals surface area contributed by atoms with Crippen LogP contribution in [0.1, 0.15) is 41.5 Å². The van der Waals surface area contributed by atoms with Crippen LogP contribution in [0, 0.1) is 0 Å². The normalized spacial score (nSPS) is 14.8. The van der Waals surface area contributed by atoms with Gasteiger partial charge in [0.1, 0.15) is 7.22 Å². The summed E-state index contributed by atoms with van der Waals surface area (Å²) in [6, 6.07) is 0. The van der Waals surface area contributed by atoms with Gasteiger partial charge in [0.2, 0.25) is 0 Å². The van der Waals surface area contributed by atoms with Gasteiger partial charge in [-0.3, -0.25) is 0 Å². The van der Waals surface area contributed by atoms with Crippen molar-refractivity contribution >= 4 is 19.2 Å². The van der Waals surface area contributed by atoms with E-state index in [9.17, 15) is 0 Å². The van der Waals surface area contributed by atoms with Gasteiger partial charge in [0.05, 0.1) is 1.12 Å². The molecule has 0 aromatic heterocycles. The average molecular weight is 191 g/mol. The number of thiol groups is 1. The molecule has 0 aromatic rings. The maximum atomic E-state index is 7.68. The highest BCUT2D eigenvalue weighted by atomic mass is 32.3. The van der Waals surface area contributed by atoms with Crippen molar-refractivity contribution in [2.75, 3.05) is 0 Å². The standard InChI is InChI=1S/C9H22SSi/c1-7(2)11(10,8(3)4)9(5)6/h7-10H,1-6H3/i10D. The maximum absolute atomic E-state index is 7.68. The zero-order valence-electron chi connectivity index (χ0n) is 9.64. The summed E-state index contributed by atoms with van der Waals surface area (Å²) in [5.74, 6) is 0. The minimum absolute atomic E-state index is 0.708. The van der Waals surface area contributed by atoms with E-state index in [1.807, 2.05) is 0 Å². The monoisotopic (exact) mass is 191 g/mol. The van der Waals surface area contributed by atoms with Crippen LogP contribution >= 0.6 is 12.0 Å². The summed E-state index contributed by atoms with van der Waals surface area (Å²) in [7, 11) is -1.42. The number of rotatable bonds is 4. The highest BCUT2D eigenvalue weighted by Gasteiger charge is 2.38. The molecule has 2 heteroatoms. The molecule has 0 aliphatic rings. The summed E-state index contributed by atoms with van der Waals surface area (Å²) in [5.41, 5.74) is 2.12. The fourth-order valence-corrected chi connectivity index (χ4v) is 6.00. The summed E-state index contributed by atoms with van der Waals surface area (Å²) in [5, 5.41) is 0. The predicted molar refractivity (Wildman–Crippen MR) is 60.0 cm³/mol. The molecule has 0 unspecified atom stereocenters. The van der Waals surface area contributed by atoms with Gasteiger partial charge in [0, 0.05) is 0 Å². The first-order chi connectivity index (χ1) is 5.39. The fraction of sp³-hybridized carbons (Fsp3) is 1.00. The highest BCUT2D eigenvalue weighted by Crippen LogP contribution is 2.43. The van der Waals surface area contributed by atoms with Gasteiger partial charge in [0.25, 0.3) is 0 Å². The van der Waals surface area contributed by atoms with Crippen molar-refractivity contribution < 1.29 is 0 Å². The lowest BCUT2D eigenvalue weighted by atomic mass is 10.5. The smallest absolute Gasteiger partial charge is 0.120 e. The molecule has 0 aliphatic carbocycles. The van der Waals surface area contributed by atoms with Crippen LogP contribution in [-0.4, -0.2) is 8.35 Å². The Balaban J connectivity index is 4.77. The molecule has 0 fully saturated rings. The molecule has 0 saturated heterocycles. The van der Waals surface area contributed by atoms with E-state index < -0.39 is 7.22 Å². The van der Waals surface area contributed by atoms with Crippen LogP contribution in [0.2, 0.25) is 16.6 Å². The second kappa shape index (κ2) is 3.99. The minimum atomic E-state index is -1.42. The molecule has 0 heterocycles. The molecule has 0 spiro atoms. The third kappa shape index (κ3) is 2.25. The van der Waals surface area contributed by atoms with Gasteiger partial charge in [-0.1, -0.05) is 41.5 Å². The minimum Gasteiger partial charge on any atom is -0.201 e. The van der Waals surface area contributed by atoms with Crippen molar-refractivity contribution in [3.05, 3.63) is 0 Å². The topological polar surface area (TPSA) is 0 Å². The van der Waals surface area contributed by atoms with Crippen LogP contribution < -0.4 is 0 Å². The molecule has 0 amide bonds. The maximum Gasteiger partial charge on any atom is 0.120 e. The Labute approximate surface area is 78.9 Å². The Morgan fingerprint density at radius 2 is 1.18 bits per heavy atom. The molecule has 0 nitrogen and oxygen atoms in total. The lowest BCUT2D eigenvalue weighted by Crippen LogP contribution is -2.38. The summed E-state index contributed by atoms with van der Waals surface area (Å²) in [6.45, 7) is 13.7. The van der Waals surface area contributed by atoms with Crippen LogP contribution in [0.3, 0.4) is 0 Å². The van der Waals surface area contributed by atoms with E-state index in [4.69, 9.17) is 1.12 Å². The highest BCUT2D eigenvalue weighted by molar-refractivity contribution is 8.15. The van der Waals surface area contributed by atoms with Gasteiger partial charge in [-0.2, -0.15) is 0 Å². The van der Waals surface area contributed by atoms with Gasteiger partial charge in [0.15, 0.2) is 0 Å². The Morgan fingerprint density at radius 3 is 1.18 bits per heavy atom. The summed E-state index contributed by atoms with van der Waals surface area (Å²) in [6.07, 6.45) is 0. The van der Waals surface area contributed by atoms with Gasteiger partial charge >= 0.3 is 0 Å². The largest absolute Gasteiger partial charge is 0.201 e. The zero-order valence-corrected chi connectivity index (χ0v) is 10.5. The molecule has 0 aromatic carbocycles. The molecule has 0 atom stereocenters. The average Bonchev–Trinajstić information content (AvgIpc) is 1.86. The first-order valence-electron chi connectivity index (χ1n) is 4.94. The first-order valence-corrected chi connectivity index (χ1v) is 7.90. The fourth-order valence-electron chi connectivity index (χ4n) is 2.00. The second-order valence-corrected chi connectivity index (χ2v) is 11.6. The number of hydrogen-bond acceptors (Lipinski definition) is 1. The van der Waals surface area contributed by atoms with Gasteiger partial charge < -0.3 is 0 Å². The molecule has 0 rings (SSSR count).